The zero-order valence-corrected chi connectivity index (χ0v) is 12.8. The molecule has 0 aromatic carbocycles. The molecule has 0 spiro atoms. The van der Waals surface area contributed by atoms with E-state index in [1.54, 1.807) is 0 Å². The van der Waals surface area contributed by atoms with E-state index in [1.807, 2.05) is 12.2 Å². The van der Waals surface area contributed by atoms with Crippen molar-refractivity contribution in [1.29, 1.82) is 0 Å². The molecular formula is C12H26OSi2. The molecule has 88 valence electrons. The normalized spacial score (nSPS) is 18.9. The lowest BCUT2D eigenvalue weighted by Gasteiger charge is -2.36. The van der Waals surface area contributed by atoms with E-state index in [0.29, 0.717) is 0 Å². The molecule has 2 atom stereocenters. The molecule has 0 heterocycles. The molecule has 0 aliphatic heterocycles. The molecule has 0 aliphatic rings. The lowest BCUT2D eigenvalue weighted by Crippen LogP contribution is -2.46. The second-order valence-electron chi connectivity index (χ2n) is 4.69. The second-order valence-corrected chi connectivity index (χ2v) is 13.5. The Bertz CT molecular complexity index is 196. The third kappa shape index (κ3) is 4.95. The topological polar surface area (TPSA) is 9.23 Å². The molecule has 0 saturated heterocycles. The van der Waals surface area contributed by atoms with Gasteiger partial charge < -0.3 is 4.12 Å². The number of hydrogen-bond donors (Lipinski definition) is 0. The number of rotatable bonds is 8. The van der Waals surface area contributed by atoms with Crippen LogP contribution in [0.25, 0.3) is 0 Å². The summed E-state index contributed by atoms with van der Waals surface area (Å²) in [6.07, 6.45) is 4.04. The molecule has 0 aromatic heterocycles. The first kappa shape index (κ1) is 14.9. The molecule has 0 saturated carbocycles. The van der Waals surface area contributed by atoms with Crippen LogP contribution in [0.1, 0.15) is 13.8 Å². The first-order chi connectivity index (χ1) is 6.95. The summed E-state index contributed by atoms with van der Waals surface area (Å²) >= 11 is 0. The van der Waals surface area contributed by atoms with E-state index < -0.39 is 16.6 Å². The zero-order chi connectivity index (χ0) is 11.9. The summed E-state index contributed by atoms with van der Waals surface area (Å²) < 4.78 is 6.54. The van der Waals surface area contributed by atoms with Crippen LogP contribution >= 0.6 is 0 Å². The minimum Gasteiger partial charge on any atom is -0.455 e. The fraction of sp³-hybridized carbons (Fsp3) is 0.667. The largest absolute Gasteiger partial charge is 0.455 e. The van der Waals surface area contributed by atoms with Crippen LogP contribution in [0, 0.1) is 0 Å². The van der Waals surface area contributed by atoms with Crippen molar-refractivity contribution in [2.75, 3.05) is 0 Å². The van der Waals surface area contributed by atoms with Gasteiger partial charge in [-0.1, -0.05) is 26.0 Å². The summed E-state index contributed by atoms with van der Waals surface area (Å²) in [4.78, 5) is 0. The van der Waals surface area contributed by atoms with Gasteiger partial charge in [0.1, 0.15) is 0 Å². The average molecular weight is 243 g/mol. The first-order valence-electron chi connectivity index (χ1n) is 5.87. The van der Waals surface area contributed by atoms with Crippen molar-refractivity contribution < 1.29 is 4.12 Å². The molecule has 0 aromatic rings. The van der Waals surface area contributed by atoms with E-state index in [4.69, 9.17) is 4.12 Å². The van der Waals surface area contributed by atoms with Gasteiger partial charge in [-0.05, 0) is 37.3 Å². The van der Waals surface area contributed by atoms with Gasteiger partial charge in [0.05, 0.1) is 0 Å². The smallest absolute Gasteiger partial charge is 0.180 e. The lowest BCUT2D eigenvalue weighted by atomic mass is 10.8. The predicted molar refractivity (Wildman–Crippen MR) is 75.3 cm³/mol. The molecule has 1 nitrogen and oxygen atoms in total. The SMILES string of the molecule is C=CC[Si](C)(CC)O[Si](C)(CC)CC=C. The molecule has 0 fully saturated rings. The Hall–Kier alpha value is -0.126. The molecule has 2 unspecified atom stereocenters. The zero-order valence-electron chi connectivity index (χ0n) is 10.8. The van der Waals surface area contributed by atoms with Crippen molar-refractivity contribution >= 4 is 16.6 Å². The molecule has 0 bridgehead atoms. The maximum absolute atomic E-state index is 6.54. The van der Waals surface area contributed by atoms with Crippen molar-refractivity contribution in [3.05, 3.63) is 25.3 Å². The predicted octanol–water partition coefficient (Wildman–Crippen LogP) is 4.57. The van der Waals surface area contributed by atoms with Gasteiger partial charge in [0.15, 0.2) is 16.6 Å². The second kappa shape index (κ2) is 6.45. The summed E-state index contributed by atoms with van der Waals surface area (Å²) in [5.41, 5.74) is 0. The maximum Gasteiger partial charge on any atom is 0.180 e. The van der Waals surface area contributed by atoms with Crippen LogP contribution in [0.15, 0.2) is 25.3 Å². The van der Waals surface area contributed by atoms with Gasteiger partial charge in [-0.2, -0.15) is 0 Å². The summed E-state index contributed by atoms with van der Waals surface area (Å²) in [6, 6.07) is 4.50. The minimum absolute atomic E-state index is 1.07. The molecule has 0 N–H and O–H groups in total. The minimum atomic E-state index is -1.52. The van der Waals surface area contributed by atoms with Gasteiger partial charge in [-0.25, -0.2) is 0 Å². The van der Waals surface area contributed by atoms with E-state index in [2.05, 4.69) is 40.1 Å². The van der Waals surface area contributed by atoms with Crippen LogP contribution in [0.4, 0.5) is 0 Å². The van der Waals surface area contributed by atoms with Crippen molar-refractivity contribution in [3.8, 4) is 0 Å². The molecule has 3 heteroatoms. The Morgan fingerprint density at radius 2 is 1.27 bits per heavy atom. The summed E-state index contributed by atoms with van der Waals surface area (Å²) in [6.45, 7) is 16.8. The quantitative estimate of drug-likeness (QED) is 0.448. The van der Waals surface area contributed by atoms with Crippen LogP contribution in [0.3, 0.4) is 0 Å². The van der Waals surface area contributed by atoms with Crippen molar-refractivity contribution in [1.82, 2.24) is 0 Å². The van der Waals surface area contributed by atoms with Crippen molar-refractivity contribution in [3.63, 3.8) is 0 Å². The molecule has 0 amide bonds. The van der Waals surface area contributed by atoms with Gasteiger partial charge in [0.25, 0.3) is 0 Å². The highest BCUT2D eigenvalue weighted by atomic mass is 28.4. The molecule has 15 heavy (non-hydrogen) atoms. The summed E-state index contributed by atoms with van der Waals surface area (Å²) in [5.74, 6) is 0. The standard InChI is InChI=1S/C12H26OSi2/c1-7-11-14(5,9-3)13-15(6,10-4)12-8-2/h7-8H,1-2,9-12H2,3-6H3. The van der Waals surface area contributed by atoms with Crippen LogP contribution in [0.5, 0.6) is 0 Å². The van der Waals surface area contributed by atoms with E-state index in [0.717, 1.165) is 12.1 Å². The maximum atomic E-state index is 6.54. The Kier molecular flexibility index (Phi) is 6.40. The van der Waals surface area contributed by atoms with E-state index in [9.17, 15) is 0 Å². The Balaban J connectivity index is 4.60. The van der Waals surface area contributed by atoms with Crippen LogP contribution in [-0.2, 0) is 4.12 Å². The van der Waals surface area contributed by atoms with Gasteiger partial charge >= 0.3 is 0 Å². The Labute approximate surface area is 97.5 Å². The Morgan fingerprint density at radius 3 is 1.47 bits per heavy atom. The number of hydrogen-bond acceptors (Lipinski definition) is 1. The fourth-order valence-corrected chi connectivity index (χ4v) is 10.1. The van der Waals surface area contributed by atoms with Crippen molar-refractivity contribution in [2.24, 2.45) is 0 Å². The molecule has 0 aliphatic carbocycles. The first-order valence-corrected chi connectivity index (χ1v) is 11.5. The van der Waals surface area contributed by atoms with Gasteiger partial charge in [-0.15, -0.1) is 13.2 Å². The summed E-state index contributed by atoms with van der Waals surface area (Å²) in [5, 5.41) is 0. The van der Waals surface area contributed by atoms with Gasteiger partial charge in [0.2, 0.25) is 0 Å². The van der Waals surface area contributed by atoms with Gasteiger partial charge in [-0.3, -0.25) is 0 Å². The lowest BCUT2D eigenvalue weighted by molar-refractivity contribution is 0.531. The molecular weight excluding hydrogens is 216 g/mol. The molecule has 0 rings (SSSR count). The van der Waals surface area contributed by atoms with E-state index >= 15 is 0 Å². The highest BCUT2D eigenvalue weighted by Crippen LogP contribution is 2.27. The molecule has 0 radical (unpaired) electrons. The summed E-state index contributed by atoms with van der Waals surface area (Å²) in [7, 11) is -3.04. The highest BCUT2D eigenvalue weighted by molar-refractivity contribution is 6.86. The number of allylic oxidation sites excluding steroid dienone is 2. The highest BCUT2D eigenvalue weighted by Gasteiger charge is 2.35. The Morgan fingerprint density at radius 1 is 0.933 bits per heavy atom. The van der Waals surface area contributed by atoms with Crippen LogP contribution in [0.2, 0.25) is 37.3 Å². The van der Waals surface area contributed by atoms with Crippen LogP contribution in [-0.4, -0.2) is 16.6 Å². The van der Waals surface area contributed by atoms with Crippen molar-refractivity contribution in [2.45, 2.75) is 51.1 Å². The third-order valence-corrected chi connectivity index (χ3v) is 12.4. The van der Waals surface area contributed by atoms with Crippen LogP contribution < -0.4 is 0 Å². The van der Waals surface area contributed by atoms with E-state index in [1.165, 1.54) is 12.1 Å². The fourth-order valence-electron chi connectivity index (χ4n) is 1.72. The average Bonchev–Trinajstić information content (AvgIpc) is 2.18. The van der Waals surface area contributed by atoms with E-state index in [-0.39, 0.29) is 0 Å². The van der Waals surface area contributed by atoms with Gasteiger partial charge in [0, 0.05) is 0 Å². The third-order valence-electron chi connectivity index (χ3n) is 3.14. The monoisotopic (exact) mass is 242 g/mol.